The molecule has 0 amide bonds. The second-order valence-electron chi connectivity index (χ2n) is 5.20. The van der Waals surface area contributed by atoms with Gasteiger partial charge >= 0.3 is 0 Å². The monoisotopic (exact) mass is 302 g/mol. The van der Waals surface area contributed by atoms with E-state index in [1.807, 2.05) is 24.5 Å². The number of aryl methyl sites for hydroxylation is 1. The number of aromatic nitrogens is 2. The van der Waals surface area contributed by atoms with Crippen LogP contribution in [0.15, 0.2) is 36.7 Å². The summed E-state index contributed by atoms with van der Waals surface area (Å²) in [4.78, 5) is 13.5. The van der Waals surface area contributed by atoms with E-state index >= 15 is 0 Å². The third-order valence-electron chi connectivity index (χ3n) is 3.85. The molecule has 0 atom stereocenters. The number of hydrogen-bond donors (Lipinski definition) is 0. The molecule has 110 valence electrons. The van der Waals surface area contributed by atoms with Crippen molar-refractivity contribution >= 4 is 23.2 Å². The van der Waals surface area contributed by atoms with Crippen molar-refractivity contribution in [2.24, 2.45) is 0 Å². The van der Waals surface area contributed by atoms with Gasteiger partial charge in [-0.1, -0.05) is 18.5 Å². The van der Waals surface area contributed by atoms with Crippen LogP contribution in [0.25, 0.3) is 0 Å². The maximum absolute atomic E-state index is 5.94. The van der Waals surface area contributed by atoms with Gasteiger partial charge in [0.2, 0.25) is 5.95 Å². The van der Waals surface area contributed by atoms with Crippen LogP contribution in [0.2, 0.25) is 5.02 Å². The topological polar surface area (TPSA) is 32.3 Å². The molecule has 0 radical (unpaired) electrons. The molecule has 0 aliphatic carbocycles. The van der Waals surface area contributed by atoms with Crippen LogP contribution in [0.5, 0.6) is 0 Å². The zero-order valence-electron chi connectivity index (χ0n) is 12.2. The first-order chi connectivity index (χ1) is 10.3. The second kappa shape index (κ2) is 6.31. The molecule has 1 aromatic heterocycles. The summed E-state index contributed by atoms with van der Waals surface area (Å²) < 4.78 is 0. The van der Waals surface area contributed by atoms with Crippen molar-refractivity contribution in [3.63, 3.8) is 0 Å². The molecule has 0 unspecified atom stereocenters. The quantitative estimate of drug-likeness (QED) is 0.872. The Morgan fingerprint density at radius 3 is 2.10 bits per heavy atom. The van der Waals surface area contributed by atoms with E-state index in [-0.39, 0.29) is 0 Å². The Bertz CT molecular complexity index is 574. The van der Waals surface area contributed by atoms with Gasteiger partial charge < -0.3 is 9.80 Å². The summed E-state index contributed by atoms with van der Waals surface area (Å²) in [6, 6.07) is 8.03. The highest BCUT2D eigenvalue weighted by Gasteiger charge is 2.19. The minimum absolute atomic E-state index is 0.779. The van der Waals surface area contributed by atoms with Crippen LogP contribution >= 0.6 is 11.6 Å². The number of hydrogen-bond acceptors (Lipinski definition) is 4. The fourth-order valence-corrected chi connectivity index (χ4v) is 2.64. The summed E-state index contributed by atoms with van der Waals surface area (Å²) in [5.41, 5.74) is 2.40. The first-order valence-corrected chi connectivity index (χ1v) is 7.70. The first-order valence-electron chi connectivity index (χ1n) is 7.32. The zero-order chi connectivity index (χ0) is 14.7. The van der Waals surface area contributed by atoms with Crippen LogP contribution in [-0.4, -0.2) is 36.1 Å². The standard InChI is InChI=1S/C16H19ClN4/c1-2-13-11-18-16(19-12-13)21-9-7-20(8-10-21)15-5-3-14(17)4-6-15/h3-6,11-12H,2,7-10H2,1H3. The minimum atomic E-state index is 0.779. The lowest BCUT2D eigenvalue weighted by Gasteiger charge is -2.36. The van der Waals surface area contributed by atoms with Gasteiger partial charge in [-0.15, -0.1) is 0 Å². The van der Waals surface area contributed by atoms with Crippen LogP contribution in [0.3, 0.4) is 0 Å². The largest absolute Gasteiger partial charge is 0.368 e. The van der Waals surface area contributed by atoms with Gasteiger partial charge in [0.05, 0.1) is 0 Å². The Kier molecular flexibility index (Phi) is 4.25. The molecule has 1 saturated heterocycles. The van der Waals surface area contributed by atoms with Crippen LogP contribution in [0.1, 0.15) is 12.5 Å². The predicted octanol–water partition coefficient (Wildman–Crippen LogP) is 3.02. The van der Waals surface area contributed by atoms with Gasteiger partial charge in [0, 0.05) is 49.3 Å². The molecule has 1 aliphatic heterocycles. The van der Waals surface area contributed by atoms with E-state index in [4.69, 9.17) is 11.6 Å². The van der Waals surface area contributed by atoms with E-state index < -0.39 is 0 Å². The Hall–Kier alpha value is -1.81. The first kappa shape index (κ1) is 14.1. The molecule has 4 nitrogen and oxygen atoms in total. The molecule has 0 spiro atoms. The van der Waals surface area contributed by atoms with Crippen molar-refractivity contribution in [3.05, 3.63) is 47.2 Å². The average molecular weight is 303 g/mol. The summed E-state index contributed by atoms with van der Waals surface area (Å²) in [6.45, 7) is 5.94. The fraction of sp³-hybridized carbons (Fsp3) is 0.375. The Morgan fingerprint density at radius 2 is 1.52 bits per heavy atom. The van der Waals surface area contributed by atoms with E-state index in [1.54, 1.807) is 0 Å². The summed E-state index contributed by atoms with van der Waals surface area (Å²) in [7, 11) is 0. The van der Waals surface area contributed by atoms with Crippen LogP contribution < -0.4 is 9.80 Å². The fourth-order valence-electron chi connectivity index (χ4n) is 2.51. The Labute approximate surface area is 130 Å². The number of benzene rings is 1. The lowest BCUT2D eigenvalue weighted by Crippen LogP contribution is -2.47. The van der Waals surface area contributed by atoms with Crippen molar-refractivity contribution in [2.75, 3.05) is 36.0 Å². The molecule has 1 fully saturated rings. The van der Waals surface area contributed by atoms with Crippen molar-refractivity contribution in [3.8, 4) is 0 Å². The maximum atomic E-state index is 5.94. The molecular formula is C16H19ClN4. The number of anilines is 2. The molecule has 2 heterocycles. The highest BCUT2D eigenvalue weighted by atomic mass is 35.5. The van der Waals surface area contributed by atoms with Crippen LogP contribution in [-0.2, 0) is 6.42 Å². The van der Waals surface area contributed by atoms with E-state index in [0.717, 1.165) is 43.6 Å². The summed E-state index contributed by atoms with van der Waals surface area (Å²) in [5, 5.41) is 0.779. The molecule has 5 heteroatoms. The number of halogens is 1. The summed E-state index contributed by atoms with van der Waals surface area (Å²) >= 11 is 5.94. The van der Waals surface area contributed by atoms with Gasteiger partial charge in [-0.25, -0.2) is 9.97 Å². The molecule has 3 rings (SSSR count). The molecule has 1 aromatic carbocycles. The molecule has 1 aliphatic rings. The number of nitrogens with zero attached hydrogens (tertiary/aromatic N) is 4. The molecule has 0 N–H and O–H groups in total. The molecule has 0 bridgehead atoms. The van der Waals surface area contributed by atoms with Gasteiger partial charge in [0.1, 0.15) is 0 Å². The molecule has 2 aromatic rings. The smallest absolute Gasteiger partial charge is 0.225 e. The molecule has 0 saturated carbocycles. The van der Waals surface area contributed by atoms with Gasteiger partial charge in [0.15, 0.2) is 0 Å². The summed E-state index contributed by atoms with van der Waals surface area (Å²) in [6.07, 6.45) is 4.83. The Balaban J connectivity index is 1.62. The van der Waals surface area contributed by atoms with Gasteiger partial charge in [-0.3, -0.25) is 0 Å². The lowest BCUT2D eigenvalue weighted by atomic mass is 10.2. The minimum Gasteiger partial charge on any atom is -0.368 e. The molecule has 21 heavy (non-hydrogen) atoms. The van der Waals surface area contributed by atoms with Gasteiger partial charge in [0.25, 0.3) is 0 Å². The number of piperazine rings is 1. The van der Waals surface area contributed by atoms with Crippen LogP contribution in [0.4, 0.5) is 11.6 Å². The molecular weight excluding hydrogens is 284 g/mol. The zero-order valence-corrected chi connectivity index (χ0v) is 12.9. The van der Waals surface area contributed by atoms with Gasteiger partial charge in [-0.2, -0.15) is 0 Å². The Morgan fingerprint density at radius 1 is 0.952 bits per heavy atom. The predicted molar refractivity (Wildman–Crippen MR) is 87.3 cm³/mol. The average Bonchev–Trinajstić information content (AvgIpc) is 2.56. The van der Waals surface area contributed by atoms with E-state index in [1.165, 1.54) is 11.3 Å². The third-order valence-corrected chi connectivity index (χ3v) is 4.11. The maximum Gasteiger partial charge on any atom is 0.225 e. The van der Waals surface area contributed by atoms with Crippen molar-refractivity contribution in [1.82, 2.24) is 9.97 Å². The normalized spacial score (nSPS) is 15.3. The number of rotatable bonds is 3. The van der Waals surface area contributed by atoms with Gasteiger partial charge in [-0.05, 0) is 36.2 Å². The van der Waals surface area contributed by atoms with Crippen LogP contribution in [0, 0.1) is 0 Å². The SMILES string of the molecule is CCc1cnc(N2CCN(c3ccc(Cl)cc3)CC2)nc1. The van der Waals surface area contributed by atoms with Crippen molar-refractivity contribution in [1.29, 1.82) is 0 Å². The van der Waals surface area contributed by atoms with E-state index in [0.29, 0.717) is 0 Å². The van der Waals surface area contributed by atoms with E-state index in [2.05, 4.69) is 38.8 Å². The van der Waals surface area contributed by atoms with Crippen molar-refractivity contribution in [2.45, 2.75) is 13.3 Å². The lowest BCUT2D eigenvalue weighted by molar-refractivity contribution is 0.639. The third kappa shape index (κ3) is 3.27. The summed E-state index contributed by atoms with van der Waals surface area (Å²) in [5.74, 6) is 0.836. The highest BCUT2D eigenvalue weighted by molar-refractivity contribution is 6.30. The van der Waals surface area contributed by atoms with Crippen molar-refractivity contribution < 1.29 is 0 Å². The highest BCUT2D eigenvalue weighted by Crippen LogP contribution is 2.20. The second-order valence-corrected chi connectivity index (χ2v) is 5.63. The van der Waals surface area contributed by atoms with E-state index in [9.17, 15) is 0 Å².